The van der Waals surface area contributed by atoms with E-state index < -0.39 is 0 Å². The lowest BCUT2D eigenvalue weighted by molar-refractivity contribution is 0.656. The van der Waals surface area contributed by atoms with Gasteiger partial charge in [-0.3, -0.25) is 0 Å². The maximum atomic E-state index is 5.88. The second kappa shape index (κ2) is 4.82. The van der Waals surface area contributed by atoms with Crippen LogP contribution in [0.25, 0.3) is 0 Å². The molecule has 1 unspecified atom stereocenters. The van der Waals surface area contributed by atoms with Crippen molar-refractivity contribution in [1.29, 1.82) is 0 Å². The van der Waals surface area contributed by atoms with Crippen molar-refractivity contribution in [3.8, 4) is 0 Å². The highest BCUT2D eigenvalue weighted by Gasteiger charge is 2.16. The Morgan fingerprint density at radius 3 is 2.53 bits per heavy atom. The van der Waals surface area contributed by atoms with E-state index in [1.165, 1.54) is 30.4 Å². The van der Waals surface area contributed by atoms with Crippen molar-refractivity contribution in [2.45, 2.75) is 25.3 Å². The molecule has 0 aromatic heterocycles. The topological polar surface area (TPSA) is 12.0 Å². The fraction of sp³-hybridized carbons (Fsp3) is 0.385. The average molecular weight is 222 g/mol. The molecule has 2 rings (SSSR count). The number of likely N-dealkylation sites (N-methyl/N-ethyl adjacent to an activating group) is 1. The molecule has 0 saturated heterocycles. The molecule has 0 amide bonds. The van der Waals surface area contributed by atoms with Crippen LogP contribution in [0.1, 0.15) is 30.9 Å². The van der Waals surface area contributed by atoms with Crippen LogP contribution < -0.4 is 5.32 Å². The largest absolute Gasteiger partial charge is 0.310 e. The van der Waals surface area contributed by atoms with E-state index in [9.17, 15) is 0 Å². The number of halogens is 1. The first-order chi connectivity index (χ1) is 7.31. The second-order valence-electron chi connectivity index (χ2n) is 3.94. The van der Waals surface area contributed by atoms with E-state index >= 15 is 0 Å². The fourth-order valence-electron chi connectivity index (χ4n) is 2.18. The Hall–Kier alpha value is -0.790. The first-order valence-corrected chi connectivity index (χ1v) is 5.80. The van der Waals surface area contributed by atoms with Crippen LogP contribution >= 0.6 is 11.6 Å². The van der Waals surface area contributed by atoms with Gasteiger partial charge < -0.3 is 5.32 Å². The fourth-order valence-corrected chi connectivity index (χ4v) is 2.31. The van der Waals surface area contributed by atoms with Crippen molar-refractivity contribution in [2.24, 2.45) is 0 Å². The molecule has 1 nitrogen and oxygen atoms in total. The van der Waals surface area contributed by atoms with E-state index in [2.05, 4.69) is 23.5 Å². The normalized spacial score (nSPS) is 17.6. The number of hydrogen-bond acceptors (Lipinski definition) is 1. The minimum Gasteiger partial charge on any atom is -0.310 e. The lowest BCUT2D eigenvalue weighted by Crippen LogP contribution is -2.17. The summed E-state index contributed by atoms with van der Waals surface area (Å²) in [5.74, 6) is 0. The number of rotatable bonds is 3. The van der Waals surface area contributed by atoms with Crippen LogP contribution in [0.3, 0.4) is 0 Å². The minimum absolute atomic E-state index is 0.366. The molecular weight excluding hydrogens is 206 g/mol. The Balaban J connectivity index is 2.22. The summed E-state index contributed by atoms with van der Waals surface area (Å²) in [6, 6.07) is 8.48. The Morgan fingerprint density at radius 1 is 1.27 bits per heavy atom. The molecule has 0 heterocycles. The van der Waals surface area contributed by atoms with Crippen LogP contribution in [0.5, 0.6) is 0 Å². The summed E-state index contributed by atoms with van der Waals surface area (Å²) >= 11 is 5.88. The molecule has 0 saturated carbocycles. The molecule has 15 heavy (non-hydrogen) atoms. The van der Waals surface area contributed by atoms with E-state index in [0.29, 0.717) is 6.04 Å². The zero-order chi connectivity index (χ0) is 10.7. The Kier molecular flexibility index (Phi) is 3.45. The van der Waals surface area contributed by atoms with Gasteiger partial charge in [-0.05, 0) is 44.0 Å². The number of allylic oxidation sites excluding steroid dienone is 1. The van der Waals surface area contributed by atoms with Crippen LogP contribution in [-0.4, -0.2) is 7.05 Å². The van der Waals surface area contributed by atoms with Gasteiger partial charge in [0.25, 0.3) is 0 Å². The van der Waals surface area contributed by atoms with Crippen LogP contribution in [-0.2, 0) is 0 Å². The molecule has 0 aliphatic heterocycles. The molecule has 2 heteroatoms. The summed E-state index contributed by atoms with van der Waals surface area (Å²) in [6.45, 7) is 0. The zero-order valence-electron chi connectivity index (χ0n) is 8.96. The number of hydrogen-bond donors (Lipinski definition) is 1. The van der Waals surface area contributed by atoms with Crippen LogP contribution in [0.2, 0.25) is 5.02 Å². The summed E-state index contributed by atoms with van der Waals surface area (Å²) in [5.41, 5.74) is 2.81. The molecule has 0 fully saturated rings. The molecule has 0 bridgehead atoms. The molecule has 1 aliphatic rings. The summed E-state index contributed by atoms with van der Waals surface area (Å²) < 4.78 is 0. The van der Waals surface area contributed by atoms with Crippen molar-refractivity contribution < 1.29 is 0 Å². The standard InChI is InChI=1S/C13H16ClN/c1-15-13(10-4-2-3-5-10)11-6-8-12(14)9-7-11/h4,6-9,13,15H,2-3,5H2,1H3. The predicted octanol–water partition coefficient (Wildman–Crippen LogP) is 3.71. The van der Waals surface area contributed by atoms with E-state index in [1.54, 1.807) is 0 Å². The van der Waals surface area contributed by atoms with E-state index in [4.69, 9.17) is 11.6 Å². The summed E-state index contributed by atoms with van der Waals surface area (Å²) in [6.07, 6.45) is 6.09. The van der Waals surface area contributed by atoms with Crippen LogP contribution in [0, 0.1) is 0 Å². The van der Waals surface area contributed by atoms with Crippen LogP contribution in [0.4, 0.5) is 0 Å². The van der Waals surface area contributed by atoms with Gasteiger partial charge in [0.2, 0.25) is 0 Å². The van der Waals surface area contributed by atoms with Gasteiger partial charge >= 0.3 is 0 Å². The van der Waals surface area contributed by atoms with Gasteiger partial charge in [-0.2, -0.15) is 0 Å². The highest BCUT2D eigenvalue weighted by atomic mass is 35.5. The SMILES string of the molecule is CNC(C1=CCCC1)c1ccc(Cl)cc1. The lowest BCUT2D eigenvalue weighted by atomic mass is 9.98. The van der Waals surface area contributed by atoms with Crippen molar-refractivity contribution in [1.82, 2.24) is 5.32 Å². The third-order valence-electron chi connectivity index (χ3n) is 2.94. The molecule has 0 radical (unpaired) electrons. The number of benzene rings is 1. The quantitative estimate of drug-likeness (QED) is 0.768. The van der Waals surface area contributed by atoms with Gasteiger partial charge in [-0.15, -0.1) is 0 Å². The third kappa shape index (κ3) is 2.42. The zero-order valence-corrected chi connectivity index (χ0v) is 9.72. The first-order valence-electron chi connectivity index (χ1n) is 5.43. The second-order valence-corrected chi connectivity index (χ2v) is 4.38. The smallest absolute Gasteiger partial charge is 0.0533 e. The predicted molar refractivity (Wildman–Crippen MR) is 65.2 cm³/mol. The summed E-state index contributed by atoms with van der Waals surface area (Å²) in [5, 5.41) is 4.17. The highest BCUT2D eigenvalue weighted by molar-refractivity contribution is 6.30. The van der Waals surface area contributed by atoms with Gasteiger partial charge in [0.05, 0.1) is 6.04 Å². The number of nitrogens with one attached hydrogen (secondary N) is 1. The maximum Gasteiger partial charge on any atom is 0.0533 e. The van der Waals surface area contributed by atoms with Crippen LogP contribution in [0.15, 0.2) is 35.9 Å². The van der Waals surface area contributed by atoms with Gasteiger partial charge in [-0.25, -0.2) is 0 Å². The Morgan fingerprint density at radius 2 is 2.00 bits per heavy atom. The molecule has 80 valence electrons. The van der Waals surface area contributed by atoms with E-state index in [0.717, 1.165) is 5.02 Å². The molecule has 1 N–H and O–H groups in total. The molecule has 1 aromatic rings. The monoisotopic (exact) mass is 221 g/mol. The molecule has 1 atom stereocenters. The third-order valence-corrected chi connectivity index (χ3v) is 3.19. The minimum atomic E-state index is 0.366. The van der Waals surface area contributed by atoms with Crippen molar-refractivity contribution in [3.63, 3.8) is 0 Å². The van der Waals surface area contributed by atoms with Gasteiger partial charge in [0.15, 0.2) is 0 Å². The van der Waals surface area contributed by atoms with Gasteiger partial charge in [0, 0.05) is 5.02 Å². The van der Waals surface area contributed by atoms with Gasteiger partial charge in [0.1, 0.15) is 0 Å². The van der Waals surface area contributed by atoms with Crippen molar-refractivity contribution in [2.75, 3.05) is 7.05 Å². The molecule has 0 spiro atoms. The van der Waals surface area contributed by atoms with Gasteiger partial charge in [-0.1, -0.05) is 35.4 Å². The molecule has 1 aliphatic carbocycles. The summed E-state index contributed by atoms with van der Waals surface area (Å²) in [7, 11) is 2.01. The summed E-state index contributed by atoms with van der Waals surface area (Å²) in [4.78, 5) is 0. The maximum absolute atomic E-state index is 5.88. The molecule has 1 aromatic carbocycles. The Labute approximate surface area is 96.1 Å². The van der Waals surface area contributed by atoms with Crippen molar-refractivity contribution >= 4 is 11.6 Å². The lowest BCUT2D eigenvalue weighted by Gasteiger charge is -2.18. The average Bonchev–Trinajstić information content (AvgIpc) is 2.75. The van der Waals surface area contributed by atoms with Crippen molar-refractivity contribution in [3.05, 3.63) is 46.5 Å². The van der Waals surface area contributed by atoms with E-state index in [1.807, 2.05) is 19.2 Å². The first kappa shape index (κ1) is 10.7. The van der Waals surface area contributed by atoms with E-state index in [-0.39, 0.29) is 0 Å². The Bertz CT molecular complexity index is 353. The molecular formula is C13H16ClN. The highest BCUT2D eigenvalue weighted by Crippen LogP contribution is 2.30.